The van der Waals surface area contributed by atoms with Gasteiger partial charge in [-0.05, 0) is 55.6 Å². The lowest BCUT2D eigenvalue weighted by atomic mass is 10.2. The van der Waals surface area contributed by atoms with E-state index in [2.05, 4.69) is 49.5 Å². The highest BCUT2D eigenvalue weighted by Crippen LogP contribution is 2.24. The van der Waals surface area contributed by atoms with E-state index in [9.17, 15) is 4.79 Å². The van der Waals surface area contributed by atoms with E-state index < -0.39 is 0 Å². The molecule has 5 rings (SSSR count). The number of aromatic nitrogens is 5. The number of rotatable bonds is 5. The zero-order chi connectivity index (χ0) is 22.8. The Hall–Kier alpha value is -3.69. The fraction of sp³-hybridized carbons (Fsp3) is 0.217. The second kappa shape index (κ2) is 9.05. The van der Waals surface area contributed by atoms with Gasteiger partial charge in [0.2, 0.25) is 0 Å². The van der Waals surface area contributed by atoms with Crippen LogP contribution >= 0.6 is 11.6 Å². The minimum Gasteiger partial charge on any atom is -0.369 e. The third kappa shape index (κ3) is 4.46. The van der Waals surface area contributed by atoms with Crippen LogP contribution in [0.15, 0.2) is 72.2 Å². The number of likely N-dealkylation sites (N-methyl/N-ethyl adjacent to an activating group) is 1. The van der Waals surface area contributed by atoms with Crippen LogP contribution in [0, 0.1) is 0 Å². The van der Waals surface area contributed by atoms with Crippen LogP contribution in [-0.2, 0) is 0 Å². The molecule has 1 aliphatic rings. The largest absolute Gasteiger partial charge is 0.369 e. The average Bonchev–Trinajstić information content (AvgIpc) is 3.36. The predicted octanol–water partition coefficient (Wildman–Crippen LogP) is 2.96. The zero-order valence-electron chi connectivity index (χ0n) is 18.1. The van der Waals surface area contributed by atoms with Crippen LogP contribution in [0.3, 0.4) is 0 Å². The van der Waals surface area contributed by atoms with Crippen molar-refractivity contribution in [2.24, 2.45) is 0 Å². The van der Waals surface area contributed by atoms with Crippen molar-refractivity contribution in [3.63, 3.8) is 0 Å². The van der Waals surface area contributed by atoms with Crippen molar-refractivity contribution < 1.29 is 0 Å². The molecule has 4 aromatic rings. The van der Waals surface area contributed by atoms with Gasteiger partial charge in [-0.3, -0.25) is 4.79 Å². The summed E-state index contributed by atoms with van der Waals surface area (Å²) in [5.74, 6) is 0. The van der Waals surface area contributed by atoms with Crippen LogP contribution in [-0.4, -0.2) is 62.7 Å². The Balaban J connectivity index is 1.46. The first-order chi connectivity index (χ1) is 16.1. The summed E-state index contributed by atoms with van der Waals surface area (Å²) in [6, 6.07) is 15.1. The molecular weight excluding hydrogens is 440 g/mol. The molecule has 0 aliphatic carbocycles. The first-order valence-corrected chi connectivity index (χ1v) is 11.0. The van der Waals surface area contributed by atoms with E-state index in [0.717, 1.165) is 31.9 Å². The fourth-order valence-electron chi connectivity index (χ4n) is 3.82. The van der Waals surface area contributed by atoms with Crippen molar-refractivity contribution in [2.75, 3.05) is 43.4 Å². The highest BCUT2D eigenvalue weighted by Gasteiger charge is 2.17. The van der Waals surface area contributed by atoms with Gasteiger partial charge in [-0.2, -0.15) is 14.9 Å². The summed E-state index contributed by atoms with van der Waals surface area (Å²) in [6.45, 7) is 4.12. The highest BCUT2D eigenvalue weighted by molar-refractivity contribution is 6.30. The van der Waals surface area contributed by atoms with Crippen molar-refractivity contribution in [1.29, 1.82) is 0 Å². The van der Waals surface area contributed by atoms with Gasteiger partial charge in [0, 0.05) is 42.6 Å². The van der Waals surface area contributed by atoms with E-state index in [1.54, 1.807) is 30.5 Å². The summed E-state index contributed by atoms with van der Waals surface area (Å²) in [4.78, 5) is 22.1. The Morgan fingerprint density at radius 2 is 1.61 bits per heavy atom. The van der Waals surface area contributed by atoms with Gasteiger partial charge in [0.15, 0.2) is 5.69 Å². The van der Waals surface area contributed by atoms with E-state index >= 15 is 0 Å². The normalized spacial score (nSPS) is 14.4. The molecular formula is C23H23ClN8O. The van der Waals surface area contributed by atoms with Crippen molar-refractivity contribution in [2.45, 2.75) is 0 Å². The fourth-order valence-corrected chi connectivity index (χ4v) is 3.95. The lowest BCUT2D eigenvalue weighted by molar-refractivity contribution is 0.313. The van der Waals surface area contributed by atoms with E-state index in [1.807, 2.05) is 12.1 Å². The van der Waals surface area contributed by atoms with Gasteiger partial charge in [0.1, 0.15) is 12.7 Å². The summed E-state index contributed by atoms with van der Waals surface area (Å²) in [6.07, 6.45) is 4.49. The molecule has 0 saturated carbocycles. The molecule has 3 heterocycles. The molecule has 2 aromatic carbocycles. The Morgan fingerprint density at radius 1 is 0.909 bits per heavy atom. The summed E-state index contributed by atoms with van der Waals surface area (Å²) in [5.41, 5.74) is 3.15. The minimum absolute atomic E-state index is 0.320. The van der Waals surface area contributed by atoms with E-state index in [4.69, 9.17) is 11.6 Å². The first kappa shape index (κ1) is 21.2. The topological polar surface area (TPSA) is 84.1 Å². The van der Waals surface area contributed by atoms with Gasteiger partial charge in [-0.1, -0.05) is 11.6 Å². The number of benzene rings is 2. The summed E-state index contributed by atoms with van der Waals surface area (Å²) in [7, 11) is 2.14. The lowest BCUT2D eigenvalue weighted by Gasteiger charge is -2.34. The molecule has 0 bridgehead atoms. The smallest absolute Gasteiger partial charge is 0.299 e. The molecule has 33 heavy (non-hydrogen) atoms. The Kier molecular flexibility index (Phi) is 5.80. The number of nitrogens with one attached hydrogen (secondary N) is 1. The van der Waals surface area contributed by atoms with Gasteiger partial charge < -0.3 is 15.1 Å². The molecule has 0 atom stereocenters. The Labute approximate surface area is 195 Å². The molecule has 1 aliphatic heterocycles. The van der Waals surface area contributed by atoms with Gasteiger partial charge in [0.25, 0.3) is 5.56 Å². The van der Waals surface area contributed by atoms with Gasteiger partial charge >= 0.3 is 0 Å². The molecule has 0 amide bonds. The molecule has 0 unspecified atom stereocenters. The SMILES string of the molecule is CN1CCN(c2ccc(Nc3cnn(-c4ccc(Cl)cc4)c(=O)c3-n3cncn3)cc2)CC1. The quantitative estimate of drug-likeness (QED) is 0.488. The molecule has 1 saturated heterocycles. The molecule has 168 valence electrons. The molecule has 1 fully saturated rings. The molecule has 10 heteroatoms. The monoisotopic (exact) mass is 462 g/mol. The van der Waals surface area contributed by atoms with Crippen molar-refractivity contribution >= 4 is 28.7 Å². The van der Waals surface area contributed by atoms with Crippen molar-refractivity contribution in [3.8, 4) is 11.4 Å². The maximum absolute atomic E-state index is 13.4. The first-order valence-electron chi connectivity index (χ1n) is 10.6. The minimum atomic E-state index is -0.332. The standard InChI is InChI=1S/C23H23ClN8O/c1-29-10-12-30(13-11-29)19-8-4-18(5-9-19)28-21-14-26-32(20-6-2-17(24)3-7-20)23(33)22(21)31-16-25-15-27-31/h2-9,14-16,28H,10-13H2,1H3. The zero-order valence-corrected chi connectivity index (χ0v) is 18.9. The second-order valence-corrected chi connectivity index (χ2v) is 8.34. The Bertz CT molecular complexity index is 1280. The van der Waals surface area contributed by atoms with Crippen LogP contribution in [0.5, 0.6) is 0 Å². The van der Waals surface area contributed by atoms with Crippen LogP contribution < -0.4 is 15.8 Å². The summed E-state index contributed by atoms with van der Waals surface area (Å²) < 4.78 is 2.76. The number of anilines is 3. The molecule has 2 aromatic heterocycles. The number of halogens is 1. The van der Waals surface area contributed by atoms with Gasteiger partial charge in [0.05, 0.1) is 17.6 Å². The highest BCUT2D eigenvalue weighted by atomic mass is 35.5. The number of nitrogens with zero attached hydrogens (tertiary/aromatic N) is 7. The average molecular weight is 463 g/mol. The Morgan fingerprint density at radius 3 is 2.27 bits per heavy atom. The van der Waals surface area contributed by atoms with Crippen LogP contribution in [0.25, 0.3) is 11.4 Å². The summed E-state index contributed by atoms with van der Waals surface area (Å²) in [5, 5.41) is 12.4. The number of hydrogen-bond acceptors (Lipinski definition) is 7. The van der Waals surface area contributed by atoms with E-state index in [0.29, 0.717) is 22.1 Å². The van der Waals surface area contributed by atoms with Crippen molar-refractivity contribution in [1.82, 2.24) is 29.4 Å². The van der Waals surface area contributed by atoms with Crippen molar-refractivity contribution in [3.05, 3.63) is 82.8 Å². The molecule has 0 radical (unpaired) electrons. The van der Waals surface area contributed by atoms with Gasteiger partial charge in [-0.15, -0.1) is 0 Å². The number of hydrogen-bond donors (Lipinski definition) is 1. The molecule has 9 nitrogen and oxygen atoms in total. The third-order valence-electron chi connectivity index (χ3n) is 5.69. The van der Waals surface area contributed by atoms with Gasteiger partial charge in [-0.25, -0.2) is 9.67 Å². The van der Waals surface area contributed by atoms with Crippen LogP contribution in [0.4, 0.5) is 17.1 Å². The second-order valence-electron chi connectivity index (χ2n) is 7.90. The maximum Gasteiger partial charge on any atom is 0.299 e. The lowest BCUT2D eigenvalue weighted by Crippen LogP contribution is -2.44. The maximum atomic E-state index is 13.4. The molecule has 0 spiro atoms. The molecule has 1 N–H and O–H groups in total. The predicted molar refractivity (Wildman–Crippen MR) is 129 cm³/mol. The number of piperazine rings is 1. The van der Waals surface area contributed by atoms with E-state index in [1.165, 1.54) is 27.7 Å². The van der Waals surface area contributed by atoms with Crippen LogP contribution in [0.2, 0.25) is 5.02 Å². The van der Waals surface area contributed by atoms with Crippen LogP contribution in [0.1, 0.15) is 0 Å². The summed E-state index contributed by atoms with van der Waals surface area (Å²) >= 11 is 5.99. The third-order valence-corrected chi connectivity index (χ3v) is 5.94. The van der Waals surface area contributed by atoms with E-state index in [-0.39, 0.29) is 5.56 Å².